The maximum absolute atomic E-state index is 12.4. The number of pyridine rings is 1. The molecule has 2 N–H and O–H groups in total. The number of carbonyl (C=O) groups excluding carboxylic acids is 2. The van der Waals surface area contributed by atoms with Gasteiger partial charge in [-0.2, -0.15) is 0 Å². The number of amides is 1. The van der Waals surface area contributed by atoms with Crippen LogP contribution < -0.4 is 5.32 Å². The summed E-state index contributed by atoms with van der Waals surface area (Å²) in [6.45, 7) is -0.427. The molecule has 3 aromatic rings. The van der Waals surface area contributed by atoms with Crippen LogP contribution in [-0.4, -0.2) is 28.6 Å². The van der Waals surface area contributed by atoms with Crippen LogP contribution in [-0.2, 0) is 9.53 Å². The SMILES string of the molecule is O=C(COC(=O)c1cccnc1Sc1ccccc1)Nc1ccc(O)cc1. The summed E-state index contributed by atoms with van der Waals surface area (Å²) in [6, 6.07) is 18.8. The van der Waals surface area contributed by atoms with Gasteiger partial charge < -0.3 is 15.2 Å². The number of phenols is 1. The van der Waals surface area contributed by atoms with Gasteiger partial charge in [0.05, 0.1) is 5.56 Å². The van der Waals surface area contributed by atoms with Crippen LogP contribution >= 0.6 is 11.8 Å². The highest BCUT2D eigenvalue weighted by molar-refractivity contribution is 7.99. The number of nitrogens with one attached hydrogen (secondary N) is 1. The predicted molar refractivity (Wildman–Crippen MR) is 102 cm³/mol. The van der Waals surface area contributed by atoms with Gasteiger partial charge in [-0.25, -0.2) is 9.78 Å². The minimum absolute atomic E-state index is 0.0967. The summed E-state index contributed by atoms with van der Waals surface area (Å²) in [7, 11) is 0. The van der Waals surface area contributed by atoms with E-state index in [2.05, 4.69) is 10.3 Å². The number of carbonyl (C=O) groups is 2. The Morgan fingerprint density at radius 2 is 1.74 bits per heavy atom. The van der Waals surface area contributed by atoms with Crippen LogP contribution in [0.25, 0.3) is 0 Å². The summed E-state index contributed by atoms with van der Waals surface area (Å²) >= 11 is 1.34. The molecule has 0 unspecified atom stereocenters. The van der Waals surface area contributed by atoms with E-state index in [4.69, 9.17) is 4.74 Å². The van der Waals surface area contributed by atoms with Gasteiger partial charge in [0.25, 0.3) is 5.91 Å². The molecule has 0 saturated carbocycles. The van der Waals surface area contributed by atoms with Crippen LogP contribution in [0.2, 0.25) is 0 Å². The Morgan fingerprint density at radius 1 is 1.00 bits per heavy atom. The molecule has 27 heavy (non-hydrogen) atoms. The maximum atomic E-state index is 12.4. The Labute approximate surface area is 160 Å². The molecule has 0 spiro atoms. The van der Waals surface area contributed by atoms with Gasteiger partial charge in [0.2, 0.25) is 0 Å². The lowest BCUT2D eigenvalue weighted by Gasteiger charge is -2.09. The van der Waals surface area contributed by atoms with Crippen molar-refractivity contribution in [3.8, 4) is 5.75 Å². The van der Waals surface area contributed by atoms with Gasteiger partial charge in [-0.3, -0.25) is 4.79 Å². The van der Waals surface area contributed by atoms with Crippen LogP contribution in [0.3, 0.4) is 0 Å². The maximum Gasteiger partial charge on any atom is 0.341 e. The van der Waals surface area contributed by atoms with Crippen LogP contribution in [0.1, 0.15) is 10.4 Å². The lowest BCUT2D eigenvalue weighted by atomic mass is 10.3. The number of ether oxygens (including phenoxy) is 1. The summed E-state index contributed by atoms with van der Waals surface area (Å²) in [4.78, 5) is 29.5. The van der Waals surface area contributed by atoms with Crippen LogP contribution in [0, 0.1) is 0 Å². The Hall–Kier alpha value is -3.32. The minimum atomic E-state index is -0.623. The zero-order chi connectivity index (χ0) is 19.1. The van der Waals surface area contributed by atoms with Crippen LogP contribution in [0.15, 0.2) is 82.8 Å². The summed E-state index contributed by atoms with van der Waals surface area (Å²) in [5.74, 6) is -1.00. The molecule has 1 aromatic heterocycles. The molecule has 3 rings (SSSR count). The molecular formula is C20H16N2O4S. The van der Waals surface area contributed by atoms with Gasteiger partial charge in [0.1, 0.15) is 10.8 Å². The van der Waals surface area contributed by atoms with Crippen molar-refractivity contribution in [2.24, 2.45) is 0 Å². The summed E-state index contributed by atoms with van der Waals surface area (Å²) in [6.07, 6.45) is 1.60. The molecule has 0 radical (unpaired) electrons. The second kappa shape index (κ2) is 8.86. The molecule has 1 heterocycles. The van der Waals surface area contributed by atoms with Gasteiger partial charge in [-0.15, -0.1) is 0 Å². The zero-order valence-corrected chi connectivity index (χ0v) is 15.0. The zero-order valence-electron chi connectivity index (χ0n) is 14.2. The van der Waals surface area contributed by atoms with E-state index in [0.717, 1.165) is 4.90 Å². The van der Waals surface area contributed by atoms with Crippen molar-refractivity contribution in [3.05, 3.63) is 78.5 Å². The molecule has 0 aliphatic carbocycles. The van der Waals surface area contributed by atoms with E-state index >= 15 is 0 Å². The van der Waals surface area contributed by atoms with Crippen LogP contribution in [0.4, 0.5) is 5.69 Å². The van der Waals surface area contributed by atoms with E-state index in [9.17, 15) is 14.7 Å². The smallest absolute Gasteiger partial charge is 0.341 e. The first kappa shape index (κ1) is 18.5. The summed E-state index contributed by atoms with van der Waals surface area (Å²) in [5, 5.41) is 12.3. The first-order valence-electron chi connectivity index (χ1n) is 8.06. The van der Waals surface area contributed by atoms with Crippen molar-refractivity contribution in [2.75, 3.05) is 11.9 Å². The largest absolute Gasteiger partial charge is 0.508 e. The molecule has 0 aliphatic rings. The van der Waals surface area contributed by atoms with E-state index < -0.39 is 18.5 Å². The van der Waals surface area contributed by atoms with Gasteiger partial charge in [-0.1, -0.05) is 30.0 Å². The number of esters is 1. The van der Waals surface area contributed by atoms with E-state index in [0.29, 0.717) is 16.3 Å². The van der Waals surface area contributed by atoms with Crippen molar-refractivity contribution in [1.29, 1.82) is 0 Å². The Kier molecular flexibility index (Phi) is 6.06. The lowest BCUT2D eigenvalue weighted by molar-refractivity contribution is -0.119. The third kappa shape index (κ3) is 5.32. The molecule has 2 aromatic carbocycles. The highest BCUT2D eigenvalue weighted by Crippen LogP contribution is 2.28. The van der Waals surface area contributed by atoms with Gasteiger partial charge in [-0.05, 0) is 48.5 Å². The quantitative estimate of drug-likeness (QED) is 0.500. The first-order valence-corrected chi connectivity index (χ1v) is 8.87. The van der Waals surface area contributed by atoms with E-state index in [1.807, 2.05) is 30.3 Å². The van der Waals surface area contributed by atoms with Crippen molar-refractivity contribution in [1.82, 2.24) is 4.98 Å². The normalized spacial score (nSPS) is 10.2. The molecular weight excluding hydrogens is 364 g/mol. The Bertz CT molecular complexity index is 930. The van der Waals surface area contributed by atoms with E-state index in [1.54, 1.807) is 30.5 Å². The lowest BCUT2D eigenvalue weighted by Crippen LogP contribution is -2.21. The second-order valence-corrected chi connectivity index (χ2v) is 6.50. The van der Waals surface area contributed by atoms with Gasteiger partial charge >= 0.3 is 5.97 Å². The molecule has 0 fully saturated rings. The predicted octanol–water partition coefficient (Wildman–Crippen LogP) is 3.73. The van der Waals surface area contributed by atoms with Crippen molar-refractivity contribution < 1.29 is 19.4 Å². The molecule has 1 amide bonds. The van der Waals surface area contributed by atoms with Crippen molar-refractivity contribution >= 4 is 29.3 Å². The fourth-order valence-corrected chi connectivity index (χ4v) is 3.07. The average molecular weight is 380 g/mol. The van der Waals surface area contributed by atoms with Gasteiger partial charge in [0.15, 0.2) is 6.61 Å². The number of hydrogen-bond acceptors (Lipinski definition) is 6. The third-order valence-corrected chi connectivity index (χ3v) is 4.46. The van der Waals surface area contributed by atoms with E-state index in [1.165, 1.54) is 23.9 Å². The Balaban J connectivity index is 1.61. The van der Waals surface area contributed by atoms with E-state index in [-0.39, 0.29) is 5.75 Å². The number of benzene rings is 2. The standard InChI is InChI=1S/C20H16N2O4S/c23-15-10-8-14(9-11-15)22-18(24)13-26-20(25)17-7-4-12-21-19(17)27-16-5-2-1-3-6-16/h1-12,23H,13H2,(H,22,24). The molecule has 0 bridgehead atoms. The van der Waals surface area contributed by atoms with Gasteiger partial charge in [0, 0.05) is 16.8 Å². The highest BCUT2D eigenvalue weighted by atomic mass is 32.2. The first-order chi connectivity index (χ1) is 13.1. The summed E-state index contributed by atoms with van der Waals surface area (Å²) in [5.41, 5.74) is 0.791. The molecule has 0 aliphatic heterocycles. The number of nitrogens with zero attached hydrogens (tertiary/aromatic N) is 1. The Morgan fingerprint density at radius 3 is 2.48 bits per heavy atom. The topological polar surface area (TPSA) is 88.5 Å². The minimum Gasteiger partial charge on any atom is -0.508 e. The number of phenolic OH excluding ortho intramolecular Hbond substituents is 1. The number of aromatic hydroxyl groups is 1. The average Bonchev–Trinajstić information content (AvgIpc) is 2.69. The fraction of sp³-hybridized carbons (Fsp3) is 0.0500. The molecule has 6 nitrogen and oxygen atoms in total. The second-order valence-electron chi connectivity index (χ2n) is 5.44. The van der Waals surface area contributed by atoms with Crippen molar-refractivity contribution in [3.63, 3.8) is 0 Å². The molecule has 7 heteroatoms. The van der Waals surface area contributed by atoms with Crippen molar-refractivity contribution in [2.45, 2.75) is 9.92 Å². The fourth-order valence-electron chi connectivity index (χ4n) is 2.18. The van der Waals surface area contributed by atoms with Crippen LogP contribution in [0.5, 0.6) is 5.75 Å². The monoisotopic (exact) mass is 380 g/mol. The number of anilines is 1. The molecule has 0 atom stereocenters. The number of hydrogen-bond donors (Lipinski definition) is 2. The summed E-state index contributed by atoms with van der Waals surface area (Å²) < 4.78 is 5.11. The molecule has 0 saturated heterocycles. The molecule has 136 valence electrons. The number of aromatic nitrogens is 1. The number of rotatable bonds is 6. The highest BCUT2D eigenvalue weighted by Gasteiger charge is 2.16. The third-order valence-electron chi connectivity index (χ3n) is 3.43.